The summed E-state index contributed by atoms with van der Waals surface area (Å²) in [7, 11) is 0. The average molecular weight is 1290 g/mol. The van der Waals surface area contributed by atoms with Crippen LogP contribution in [0.15, 0.2) is 75.1 Å². The number of amides is 9. The molecule has 0 unspecified atom stereocenters. The maximum Gasteiger partial charge on any atom is 0.326 e. The number of aromatic nitrogens is 12. The van der Waals surface area contributed by atoms with Crippen LogP contribution in [0.25, 0.3) is 0 Å². The highest BCUT2D eigenvalue weighted by Gasteiger charge is 2.37. The molecule has 0 aromatic carbocycles. The minimum Gasteiger partial charge on any atom is -0.480 e. The summed E-state index contributed by atoms with van der Waals surface area (Å²) in [6, 6.07) is -13.3. The number of nitrogens with two attached hydrogens (primary N) is 1. The molecule has 6 heterocycles. The van der Waals surface area contributed by atoms with Crippen LogP contribution in [-0.2, 0) is 86.5 Å². The first-order chi connectivity index (χ1) is 44.3. The molecule has 0 saturated carbocycles. The van der Waals surface area contributed by atoms with E-state index in [0.29, 0.717) is 40.6 Å². The molecule has 6 aromatic heterocycles. The molecule has 0 fully saturated rings. The van der Waals surface area contributed by atoms with Crippen LogP contribution in [0.2, 0.25) is 0 Å². The number of carbonyl (C=O) groups is 10. The topological polar surface area (TPSA) is 497 Å². The molecule has 0 radical (unpaired) electrons. The molecule has 6 aromatic rings. The standard InChI is InChI=1S/C60H88N22O11/c1-31(2)9-41(61)51(83)74-45(13-35-19-62-25-68-35)55(87)80-46(14-36-20-63-26-69-36)56(88)76-42(10-32(3)4)52(84)75-43(11-33(5)6)53(85)78-48(16-38-22-65-28-71-38)58(90)81-47(15-37-21-64-27-70-37)57(89)77-44(12-34(7)8)54(86)79-49(17-39-23-66-29-72-39)59(91)82-50(60(92)93)18-40-24-67-30-73-40/h19-34,41-50H,9-18,61H2,1-8H3,(H,62,68)(H,63,69)(H,64,70)(H,65,71)(H,66,72)(H,67,73)(H,74,83)(H,75,84)(H,76,88)(H,77,89)(H,78,85)(H,79,86)(H,80,87)(H,81,90)(H,82,91)(H,92,93)/t41-,42-,43-,44-,45-,46-,47-,48-,49-,50-/m0/s1. The SMILES string of the molecule is CC(C)C[C@H](NC(=O)[C@H](Cc1c[nH]cn1)NC(=O)[C@H](Cc1c[nH]cn1)NC(=O)[C@H](CC(C)C)NC(=O)[C@H](CC(C)C)NC(=O)[C@H](Cc1c[nH]cn1)NC(=O)[C@H](Cc1c[nH]cn1)NC(=O)[C@@H](N)CC(C)C)C(=O)N[C@@H](Cc1c[nH]cn1)C(=O)N[C@@H](Cc1c[nH]cn1)C(=O)O. The molecule has 0 aliphatic rings. The third-order valence-electron chi connectivity index (χ3n) is 14.7. The molecule has 93 heavy (non-hydrogen) atoms. The zero-order chi connectivity index (χ0) is 67.7. The number of hydrogen-bond donors (Lipinski definition) is 17. The van der Waals surface area contributed by atoms with Crippen LogP contribution in [0, 0.1) is 23.7 Å². The van der Waals surface area contributed by atoms with Gasteiger partial charge in [-0.1, -0.05) is 55.4 Å². The summed E-state index contributed by atoms with van der Waals surface area (Å²) in [6.07, 6.45) is 16.8. The molecular weight excluding hydrogens is 1200 g/mol. The molecule has 9 amide bonds. The van der Waals surface area contributed by atoms with Gasteiger partial charge in [0.2, 0.25) is 53.2 Å². The second kappa shape index (κ2) is 35.5. The van der Waals surface area contributed by atoms with Gasteiger partial charge in [-0.25, -0.2) is 34.7 Å². The summed E-state index contributed by atoms with van der Waals surface area (Å²) >= 11 is 0. The molecule has 0 aliphatic carbocycles. The van der Waals surface area contributed by atoms with Crippen molar-refractivity contribution < 1.29 is 53.1 Å². The van der Waals surface area contributed by atoms with Crippen molar-refractivity contribution in [2.24, 2.45) is 29.4 Å². The Bertz CT molecular complexity index is 3300. The van der Waals surface area contributed by atoms with Gasteiger partial charge in [0, 0.05) is 75.7 Å². The summed E-state index contributed by atoms with van der Waals surface area (Å²) in [6.45, 7) is 14.7. The maximum atomic E-state index is 14.8. The van der Waals surface area contributed by atoms with Gasteiger partial charge in [0.05, 0.1) is 78.2 Å². The van der Waals surface area contributed by atoms with Crippen LogP contribution >= 0.6 is 0 Å². The van der Waals surface area contributed by atoms with E-state index in [1.807, 2.05) is 41.5 Å². The summed E-state index contributed by atoms with van der Waals surface area (Å²) < 4.78 is 0. The number of nitrogens with zero attached hydrogens (tertiary/aromatic N) is 6. The highest BCUT2D eigenvalue weighted by molar-refractivity contribution is 5.99. The van der Waals surface area contributed by atoms with Crippen LogP contribution in [0.3, 0.4) is 0 Å². The number of carbonyl (C=O) groups excluding carboxylic acids is 9. The van der Waals surface area contributed by atoms with E-state index in [2.05, 4.69) is 108 Å². The lowest BCUT2D eigenvalue weighted by Gasteiger charge is -2.29. The number of carboxylic acids is 1. The normalized spacial score (nSPS) is 14.7. The maximum absolute atomic E-state index is 14.8. The molecule has 0 spiro atoms. The van der Waals surface area contributed by atoms with Crippen molar-refractivity contribution in [1.82, 2.24) is 108 Å². The fraction of sp³-hybridized carbons (Fsp3) is 0.533. The Labute approximate surface area is 536 Å². The molecule has 33 heteroatoms. The number of imidazole rings is 6. The van der Waals surface area contributed by atoms with Gasteiger partial charge in [0.15, 0.2) is 0 Å². The Kier molecular flexibility index (Phi) is 27.5. The number of rotatable bonds is 39. The van der Waals surface area contributed by atoms with E-state index in [-0.39, 0.29) is 81.5 Å². The van der Waals surface area contributed by atoms with E-state index in [1.54, 1.807) is 20.0 Å². The average Bonchev–Trinajstić information content (AvgIpc) is 1.49. The lowest BCUT2D eigenvalue weighted by atomic mass is 9.99. The first-order valence-electron chi connectivity index (χ1n) is 30.9. The molecule has 10 atom stereocenters. The van der Waals surface area contributed by atoms with Gasteiger partial charge in [-0.3, -0.25) is 43.2 Å². The largest absolute Gasteiger partial charge is 0.480 e. The van der Waals surface area contributed by atoms with Crippen molar-refractivity contribution in [2.45, 2.75) is 180 Å². The minimum atomic E-state index is -1.47. The van der Waals surface area contributed by atoms with Crippen molar-refractivity contribution >= 4 is 59.1 Å². The summed E-state index contributed by atoms with van der Waals surface area (Å²) in [4.78, 5) is 184. The fourth-order valence-corrected chi connectivity index (χ4v) is 10.1. The highest BCUT2D eigenvalue weighted by Crippen LogP contribution is 2.15. The second-order valence-electron chi connectivity index (χ2n) is 24.6. The van der Waals surface area contributed by atoms with Gasteiger partial charge < -0.3 is 88.6 Å². The third kappa shape index (κ3) is 23.9. The molecule has 33 nitrogen and oxygen atoms in total. The van der Waals surface area contributed by atoms with Crippen LogP contribution in [0.5, 0.6) is 0 Å². The predicted molar refractivity (Wildman–Crippen MR) is 335 cm³/mol. The number of carboxylic acid groups (broad SMARTS) is 1. The van der Waals surface area contributed by atoms with E-state index < -0.39 is 120 Å². The molecule has 6 rings (SSSR count). The van der Waals surface area contributed by atoms with E-state index in [4.69, 9.17) is 5.73 Å². The van der Waals surface area contributed by atoms with Gasteiger partial charge in [0.1, 0.15) is 54.4 Å². The number of nitrogens with one attached hydrogen (secondary N) is 15. The molecule has 0 saturated heterocycles. The number of aliphatic carboxylic acids is 1. The van der Waals surface area contributed by atoms with Crippen LogP contribution < -0.4 is 53.6 Å². The number of H-pyrrole nitrogens is 6. The first-order valence-corrected chi connectivity index (χ1v) is 30.9. The molecule has 504 valence electrons. The molecule has 0 aliphatic heterocycles. The molecule has 18 N–H and O–H groups in total. The van der Waals surface area contributed by atoms with E-state index >= 15 is 0 Å². The van der Waals surface area contributed by atoms with Crippen molar-refractivity contribution in [3.63, 3.8) is 0 Å². The van der Waals surface area contributed by atoms with Crippen molar-refractivity contribution in [2.75, 3.05) is 0 Å². The van der Waals surface area contributed by atoms with Gasteiger partial charge in [0.25, 0.3) is 0 Å². The minimum absolute atomic E-state index is 0.0300. The number of hydrogen-bond acceptors (Lipinski definition) is 17. The number of aromatic amines is 6. The molecule has 0 bridgehead atoms. The van der Waals surface area contributed by atoms with E-state index in [9.17, 15) is 53.1 Å². The van der Waals surface area contributed by atoms with E-state index in [1.165, 1.54) is 68.9 Å². The Hall–Kier alpha value is -10.1. The third-order valence-corrected chi connectivity index (χ3v) is 14.7. The van der Waals surface area contributed by atoms with Crippen molar-refractivity contribution in [3.8, 4) is 0 Å². The van der Waals surface area contributed by atoms with Crippen molar-refractivity contribution in [3.05, 3.63) is 109 Å². The fourth-order valence-electron chi connectivity index (χ4n) is 10.1. The summed E-state index contributed by atoms with van der Waals surface area (Å²) in [5, 5.41) is 34.5. The lowest BCUT2D eigenvalue weighted by Crippen LogP contribution is -2.61. The van der Waals surface area contributed by atoms with Crippen LogP contribution in [0.1, 0.15) is 115 Å². The zero-order valence-electron chi connectivity index (χ0n) is 53.4. The Morgan fingerprint density at radius 3 is 0.688 bits per heavy atom. The first kappa shape index (κ1) is 72.0. The monoisotopic (exact) mass is 1290 g/mol. The quantitative estimate of drug-likeness (QED) is 0.0214. The van der Waals surface area contributed by atoms with Gasteiger partial charge >= 0.3 is 5.97 Å². The lowest BCUT2D eigenvalue weighted by molar-refractivity contribution is -0.142. The van der Waals surface area contributed by atoms with Crippen molar-refractivity contribution in [1.29, 1.82) is 0 Å². The Morgan fingerprint density at radius 2 is 0.495 bits per heavy atom. The molecular formula is C60H88N22O11. The van der Waals surface area contributed by atoms with Gasteiger partial charge in [-0.05, 0) is 49.4 Å². The Morgan fingerprint density at radius 1 is 0.312 bits per heavy atom. The summed E-state index contributed by atoms with van der Waals surface area (Å²) in [5.41, 5.74) is 8.38. The second-order valence-corrected chi connectivity index (χ2v) is 24.6. The van der Waals surface area contributed by atoms with Gasteiger partial charge in [-0.2, -0.15) is 0 Å². The van der Waals surface area contributed by atoms with Crippen LogP contribution in [0.4, 0.5) is 0 Å². The Balaban J connectivity index is 1.21. The highest BCUT2D eigenvalue weighted by atomic mass is 16.4. The van der Waals surface area contributed by atoms with E-state index in [0.717, 1.165) is 0 Å². The summed E-state index contributed by atoms with van der Waals surface area (Å²) in [5.74, 6) is -9.06. The van der Waals surface area contributed by atoms with Crippen LogP contribution in [-0.4, -0.2) is 184 Å². The smallest absolute Gasteiger partial charge is 0.326 e. The predicted octanol–water partition coefficient (Wildman–Crippen LogP) is -1.26. The zero-order valence-corrected chi connectivity index (χ0v) is 53.4. The van der Waals surface area contributed by atoms with Gasteiger partial charge in [-0.15, -0.1) is 0 Å².